The predicted octanol–water partition coefficient (Wildman–Crippen LogP) is 3.84. The first-order valence-corrected chi connectivity index (χ1v) is 7.46. The van der Waals surface area contributed by atoms with Gasteiger partial charge in [0, 0.05) is 18.8 Å². The van der Waals surface area contributed by atoms with Gasteiger partial charge in [0.15, 0.2) is 0 Å². The first kappa shape index (κ1) is 13.7. The van der Waals surface area contributed by atoms with Crippen molar-refractivity contribution in [1.82, 2.24) is 0 Å². The van der Waals surface area contributed by atoms with Crippen molar-refractivity contribution in [3.05, 3.63) is 65.7 Å². The van der Waals surface area contributed by atoms with E-state index >= 15 is 0 Å². The highest BCUT2D eigenvalue weighted by Crippen LogP contribution is 2.19. The van der Waals surface area contributed by atoms with Crippen LogP contribution in [0.4, 0.5) is 5.69 Å². The van der Waals surface area contributed by atoms with Gasteiger partial charge >= 0.3 is 0 Å². The van der Waals surface area contributed by atoms with E-state index in [0.29, 0.717) is 6.61 Å². The van der Waals surface area contributed by atoms with E-state index in [1.54, 1.807) is 6.21 Å². The summed E-state index contributed by atoms with van der Waals surface area (Å²) in [5.74, 6) is 0. The summed E-state index contributed by atoms with van der Waals surface area (Å²) < 4.78 is 0. The number of anilines is 1. The molecule has 1 fully saturated rings. The molecule has 0 aromatic heterocycles. The first-order chi connectivity index (χ1) is 10.4. The summed E-state index contributed by atoms with van der Waals surface area (Å²) in [5.41, 5.74) is 3.49. The maximum absolute atomic E-state index is 5.31. The molecule has 0 bridgehead atoms. The molecule has 1 saturated heterocycles. The average molecular weight is 280 g/mol. The number of nitrogens with zero attached hydrogens (tertiary/aromatic N) is 2. The Hall–Kier alpha value is -2.29. The SMILES string of the molecule is C(=NOCc1ccccc1)c1ccc(N2CCCC2)cc1. The highest BCUT2D eigenvalue weighted by molar-refractivity contribution is 5.79. The molecule has 0 N–H and O–H groups in total. The van der Waals surface area contributed by atoms with Crippen molar-refractivity contribution >= 4 is 11.9 Å². The Morgan fingerprint density at radius 2 is 1.67 bits per heavy atom. The van der Waals surface area contributed by atoms with Gasteiger partial charge in [0.05, 0.1) is 6.21 Å². The lowest BCUT2D eigenvalue weighted by molar-refractivity contribution is 0.132. The van der Waals surface area contributed by atoms with Crippen LogP contribution in [0.3, 0.4) is 0 Å². The van der Waals surface area contributed by atoms with E-state index in [2.05, 4.69) is 34.3 Å². The Bertz CT molecular complexity index is 572. The van der Waals surface area contributed by atoms with Gasteiger partial charge in [-0.3, -0.25) is 0 Å². The number of hydrogen-bond donors (Lipinski definition) is 0. The largest absolute Gasteiger partial charge is 0.391 e. The lowest BCUT2D eigenvalue weighted by atomic mass is 10.2. The van der Waals surface area contributed by atoms with Gasteiger partial charge in [0.25, 0.3) is 0 Å². The molecule has 0 radical (unpaired) electrons. The summed E-state index contributed by atoms with van der Waals surface area (Å²) >= 11 is 0. The number of oxime groups is 1. The van der Waals surface area contributed by atoms with Crippen LogP contribution in [-0.4, -0.2) is 19.3 Å². The molecule has 1 aliphatic rings. The van der Waals surface area contributed by atoms with Crippen LogP contribution in [0.15, 0.2) is 59.8 Å². The van der Waals surface area contributed by atoms with Crippen LogP contribution < -0.4 is 4.90 Å². The molecule has 1 heterocycles. The molecule has 21 heavy (non-hydrogen) atoms. The molecule has 0 saturated carbocycles. The van der Waals surface area contributed by atoms with Gasteiger partial charge in [-0.2, -0.15) is 0 Å². The third-order valence-corrected chi connectivity index (χ3v) is 3.71. The van der Waals surface area contributed by atoms with Crippen LogP contribution in [0, 0.1) is 0 Å². The van der Waals surface area contributed by atoms with Gasteiger partial charge in [-0.1, -0.05) is 47.6 Å². The van der Waals surface area contributed by atoms with Gasteiger partial charge in [-0.25, -0.2) is 0 Å². The van der Waals surface area contributed by atoms with Crippen molar-refractivity contribution in [2.24, 2.45) is 5.16 Å². The molecule has 3 rings (SSSR count). The minimum absolute atomic E-state index is 0.503. The summed E-state index contributed by atoms with van der Waals surface area (Å²) in [6.45, 7) is 2.85. The molecule has 2 aromatic carbocycles. The monoisotopic (exact) mass is 280 g/mol. The van der Waals surface area contributed by atoms with Crippen LogP contribution in [-0.2, 0) is 11.4 Å². The second-order valence-electron chi connectivity index (χ2n) is 5.28. The van der Waals surface area contributed by atoms with Gasteiger partial charge in [-0.05, 0) is 36.1 Å². The smallest absolute Gasteiger partial charge is 0.142 e. The summed E-state index contributed by atoms with van der Waals surface area (Å²) in [7, 11) is 0. The van der Waals surface area contributed by atoms with Crippen LogP contribution in [0.5, 0.6) is 0 Å². The third-order valence-electron chi connectivity index (χ3n) is 3.71. The fourth-order valence-corrected chi connectivity index (χ4v) is 2.53. The first-order valence-electron chi connectivity index (χ1n) is 7.46. The number of rotatable bonds is 5. The molecule has 108 valence electrons. The Balaban J connectivity index is 1.51. The average Bonchev–Trinajstić information content (AvgIpc) is 3.08. The summed E-state index contributed by atoms with van der Waals surface area (Å²) in [6, 6.07) is 18.5. The molecule has 3 nitrogen and oxygen atoms in total. The third kappa shape index (κ3) is 3.85. The van der Waals surface area contributed by atoms with Crippen LogP contribution >= 0.6 is 0 Å². The molecule has 2 aromatic rings. The van der Waals surface area contributed by atoms with Crippen molar-refractivity contribution in [2.75, 3.05) is 18.0 Å². The number of hydrogen-bond acceptors (Lipinski definition) is 3. The molecular formula is C18H20N2O. The molecule has 1 aliphatic heterocycles. The fraction of sp³-hybridized carbons (Fsp3) is 0.278. The zero-order chi connectivity index (χ0) is 14.3. The van der Waals surface area contributed by atoms with Crippen molar-refractivity contribution < 1.29 is 4.84 Å². The van der Waals surface area contributed by atoms with Gasteiger partial charge in [0.1, 0.15) is 6.61 Å². The zero-order valence-corrected chi connectivity index (χ0v) is 12.1. The Morgan fingerprint density at radius 3 is 2.38 bits per heavy atom. The zero-order valence-electron chi connectivity index (χ0n) is 12.1. The van der Waals surface area contributed by atoms with E-state index in [1.165, 1.54) is 31.6 Å². The van der Waals surface area contributed by atoms with Crippen LogP contribution in [0.25, 0.3) is 0 Å². The maximum Gasteiger partial charge on any atom is 0.142 e. The summed E-state index contributed by atoms with van der Waals surface area (Å²) in [5, 5.41) is 4.03. The lowest BCUT2D eigenvalue weighted by Gasteiger charge is -2.17. The van der Waals surface area contributed by atoms with Gasteiger partial charge in [-0.15, -0.1) is 0 Å². The van der Waals surface area contributed by atoms with Gasteiger partial charge in [0.2, 0.25) is 0 Å². The van der Waals surface area contributed by atoms with E-state index in [0.717, 1.165) is 11.1 Å². The highest BCUT2D eigenvalue weighted by Gasteiger charge is 2.11. The van der Waals surface area contributed by atoms with Crippen molar-refractivity contribution in [2.45, 2.75) is 19.4 Å². The van der Waals surface area contributed by atoms with Crippen LogP contribution in [0.1, 0.15) is 24.0 Å². The molecule has 0 spiro atoms. The van der Waals surface area contributed by atoms with Crippen molar-refractivity contribution in [1.29, 1.82) is 0 Å². The molecule has 0 unspecified atom stereocenters. The van der Waals surface area contributed by atoms with Crippen molar-refractivity contribution in [3.63, 3.8) is 0 Å². The topological polar surface area (TPSA) is 24.8 Å². The highest BCUT2D eigenvalue weighted by atomic mass is 16.6. The van der Waals surface area contributed by atoms with E-state index in [-0.39, 0.29) is 0 Å². The minimum Gasteiger partial charge on any atom is -0.391 e. The summed E-state index contributed by atoms with van der Waals surface area (Å²) in [6.07, 6.45) is 4.36. The minimum atomic E-state index is 0.503. The predicted molar refractivity (Wildman–Crippen MR) is 86.7 cm³/mol. The quantitative estimate of drug-likeness (QED) is 0.614. The molecular weight excluding hydrogens is 260 g/mol. The Morgan fingerprint density at radius 1 is 0.952 bits per heavy atom. The Kier molecular flexibility index (Phi) is 4.52. The second kappa shape index (κ2) is 6.93. The van der Waals surface area contributed by atoms with E-state index in [9.17, 15) is 0 Å². The van der Waals surface area contributed by atoms with E-state index in [1.807, 2.05) is 30.3 Å². The lowest BCUT2D eigenvalue weighted by Crippen LogP contribution is -2.17. The Labute approximate surface area is 125 Å². The van der Waals surface area contributed by atoms with E-state index in [4.69, 9.17) is 4.84 Å². The van der Waals surface area contributed by atoms with E-state index < -0.39 is 0 Å². The summed E-state index contributed by atoms with van der Waals surface area (Å²) in [4.78, 5) is 7.74. The van der Waals surface area contributed by atoms with Crippen LogP contribution in [0.2, 0.25) is 0 Å². The standard InChI is InChI=1S/C18H20N2O/c1-2-6-17(7-3-1)15-21-19-14-16-8-10-18(11-9-16)20-12-4-5-13-20/h1-3,6-11,14H,4-5,12-13,15H2. The molecule has 0 atom stereocenters. The molecule has 0 aliphatic carbocycles. The van der Waals surface area contributed by atoms with Crippen molar-refractivity contribution in [3.8, 4) is 0 Å². The fourth-order valence-electron chi connectivity index (χ4n) is 2.53. The second-order valence-corrected chi connectivity index (χ2v) is 5.28. The number of benzene rings is 2. The van der Waals surface area contributed by atoms with Gasteiger partial charge < -0.3 is 9.74 Å². The molecule has 3 heteroatoms. The normalized spacial score (nSPS) is 14.8. The molecule has 0 amide bonds. The maximum atomic E-state index is 5.31.